The van der Waals surface area contributed by atoms with Gasteiger partial charge in [-0.25, -0.2) is 0 Å². The lowest BCUT2D eigenvalue weighted by Gasteiger charge is -2.17. The van der Waals surface area contributed by atoms with Gasteiger partial charge in [-0.1, -0.05) is 30.3 Å². The fraction of sp³-hybridized carbons (Fsp3) is 0.357. The average molecular weight is 230 g/mol. The molecular weight excluding hydrogens is 212 g/mol. The first kappa shape index (κ1) is 11.7. The van der Waals surface area contributed by atoms with E-state index in [1.165, 1.54) is 0 Å². The zero-order valence-corrected chi connectivity index (χ0v) is 10.2. The van der Waals surface area contributed by atoms with E-state index in [0.717, 1.165) is 11.1 Å². The van der Waals surface area contributed by atoms with E-state index < -0.39 is 0 Å². The van der Waals surface area contributed by atoms with Crippen molar-refractivity contribution in [2.24, 2.45) is 5.92 Å². The van der Waals surface area contributed by atoms with Crippen molar-refractivity contribution >= 4 is 5.91 Å². The van der Waals surface area contributed by atoms with Crippen molar-refractivity contribution in [2.75, 3.05) is 0 Å². The summed E-state index contributed by atoms with van der Waals surface area (Å²) in [6.45, 7) is 4.61. The molecule has 2 N–H and O–H groups in total. The first-order valence-corrected chi connectivity index (χ1v) is 5.93. The van der Waals surface area contributed by atoms with Gasteiger partial charge in [-0.2, -0.15) is 0 Å². The SMILES string of the molecule is CC1=CNC(C)C1C(=O)NCc1ccccc1. The summed E-state index contributed by atoms with van der Waals surface area (Å²) < 4.78 is 0. The van der Waals surface area contributed by atoms with Crippen LogP contribution in [0.4, 0.5) is 0 Å². The minimum atomic E-state index is -0.0429. The van der Waals surface area contributed by atoms with Crippen LogP contribution in [0.15, 0.2) is 42.1 Å². The lowest BCUT2D eigenvalue weighted by molar-refractivity contribution is -0.124. The van der Waals surface area contributed by atoms with Gasteiger partial charge in [0.15, 0.2) is 0 Å². The number of hydrogen-bond acceptors (Lipinski definition) is 2. The van der Waals surface area contributed by atoms with E-state index in [2.05, 4.69) is 10.6 Å². The molecule has 1 aromatic rings. The molecule has 3 nitrogen and oxygen atoms in total. The van der Waals surface area contributed by atoms with Crippen LogP contribution in [0.2, 0.25) is 0 Å². The quantitative estimate of drug-likeness (QED) is 0.831. The summed E-state index contributed by atoms with van der Waals surface area (Å²) >= 11 is 0. The molecule has 2 rings (SSSR count). The lowest BCUT2D eigenvalue weighted by Crippen LogP contribution is -2.37. The summed E-state index contributed by atoms with van der Waals surface area (Å²) in [4.78, 5) is 12.0. The van der Waals surface area contributed by atoms with E-state index in [-0.39, 0.29) is 17.9 Å². The van der Waals surface area contributed by atoms with Crippen LogP contribution in [0, 0.1) is 5.92 Å². The van der Waals surface area contributed by atoms with Crippen molar-refractivity contribution in [1.29, 1.82) is 0 Å². The highest BCUT2D eigenvalue weighted by Gasteiger charge is 2.29. The maximum Gasteiger partial charge on any atom is 0.229 e. The molecule has 1 heterocycles. The lowest BCUT2D eigenvalue weighted by atomic mass is 9.96. The topological polar surface area (TPSA) is 41.1 Å². The molecule has 0 radical (unpaired) electrons. The molecule has 2 unspecified atom stereocenters. The molecule has 0 fully saturated rings. The van der Waals surface area contributed by atoms with Gasteiger partial charge in [-0.3, -0.25) is 4.79 Å². The second kappa shape index (κ2) is 5.04. The number of carbonyl (C=O) groups excluding carboxylic acids is 1. The Morgan fingerprint density at radius 3 is 2.65 bits per heavy atom. The highest BCUT2D eigenvalue weighted by molar-refractivity contribution is 5.82. The third-order valence-corrected chi connectivity index (χ3v) is 3.16. The molecule has 1 aliphatic heterocycles. The molecule has 17 heavy (non-hydrogen) atoms. The van der Waals surface area contributed by atoms with Gasteiger partial charge in [0.2, 0.25) is 5.91 Å². The van der Waals surface area contributed by atoms with Crippen LogP contribution in [-0.2, 0) is 11.3 Å². The van der Waals surface area contributed by atoms with Gasteiger partial charge >= 0.3 is 0 Å². The summed E-state index contributed by atoms with van der Waals surface area (Å²) in [5, 5.41) is 6.16. The predicted octanol–water partition coefficient (Wildman–Crippen LogP) is 1.81. The molecule has 0 aromatic heterocycles. The van der Waals surface area contributed by atoms with Gasteiger partial charge in [0, 0.05) is 12.6 Å². The maximum absolute atomic E-state index is 12.0. The summed E-state index contributed by atoms with van der Waals surface area (Å²) in [5.41, 5.74) is 2.23. The third-order valence-electron chi connectivity index (χ3n) is 3.16. The molecule has 1 aliphatic rings. The first-order chi connectivity index (χ1) is 8.18. The van der Waals surface area contributed by atoms with Gasteiger partial charge in [-0.15, -0.1) is 0 Å². The molecular formula is C14H18N2O. The van der Waals surface area contributed by atoms with Crippen molar-refractivity contribution in [3.63, 3.8) is 0 Å². The van der Waals surface area contributed by atoms with Crippen LogP contribution < -0.4 is 10.6 Å². The molecule has 2 atom stereocenters. The van der Waals surface area contributed by atoms with Crippen LogP contribution in [0.3, 0.4) is 0 Å². The Labute approximate surface area is 102 Å². The maximum atomic E-state index is 12.0. The van der Waals surface area contributed by atoms with Crippen LogP contribution in [0.1, 0.15) is 19.4 Å². The summed E-state index contributed by atoms with van der Waals surface area (Å²) in [5.74, 6) is 0.0545. The normalized spacial score (nSPS) is 22.8. The number of rotatable bonds is 3. The molecule has 0 aliphatic carbocycles. The van der Waals surface area contributed by atoms with Gasteiger partial charge in [-0.05, 0) is 31.2 Å². The highest BCUT2D eigenvalue weighted by Crippen LogP contribution is 2.20. The van der Waals surface area contributed by atoms with E-state index in [1.54, 1.807) is 0 Å². The van der Waals surface area contributed by atoms with Gasteiger partial charge < -0.3 is 10.6 Å². The average Bonchev–Trinajstić information content (AvgIpc) is 2.67. The number of hydrogen-bond donors (Lipinski definition) is 2. The zero-order chi connectivity index (χ0) is 12.3. The van der Waals surface area contributed by atoms with Crippen molar-refractivity contribution in [2.45, 2.75) is 26.4 Å². The van der Waals surface area contributed by atoms with E-state index in [0.29, 0.717) is 6.54 Å². The second-order valence-electron chi connectivity index (χ2n) is 4.52. The zero-order valence-electron chi connectivity index (χ0n) is 10.2. The standard InChI is InChI=1S/C14H18N2O/c1-10-8-15-11(2)13(10)14(17)16-9-12-6-4-3-5-7-12/h3-8,11,13,15H,9H2,1-2H3,(H,16,17). The van der Waals surface area contributed by atoms with Crippen molar-refractivity contribution in [3.8, 4) is 0 Å². The fourth-order valence-corrected chi connectivity index (χ4v) is 2.17. The van der Waals surface area contributed by atoms with Gasteiger partial charge in [0.05, 0.1) is 5.92 Å². The monoisotopic (exact) mass is 230 g/mol. The molecule has 90 valence electrons. The molecule has 0 saturated carbocycles. The number of amides is 1. The van der Waals surface area contributed by atoms with Crippen LogP contribution >= 0.6 is 0 Å². The van der Waals surface area contributed by atoms with E-state index in [9.17, 15) is 4.79 Å². The van der Waals surface area contributed by atoms with E-state index in [4.69, 9.17) is 0 Å². The number of nitrogens with one attached hydrogen (secondary N) is 2. The summed E-state index contributed by atoms with van der Waals surface area (Å²) in [6, 6.07) is 10.1. The smallest absolute Gasteiger partial charge is 0.229 e. The van der Waals surface area contributed by atoms with Crippen molar-refractivity contribution in [1.82, 2.24) is 10.6 Å². The third kappa shape index (κ3) is 2.67. The van der Waals surface area contributed by atoms with Crippen molar-refractivity contribution in [3.05, 3.63) is 47.7 Å². The Morgan fingerprint density at radius 2 is 2.06 bits per heavy atom. The Hall–Kier alpha value is -1.77. The molecule has 0 bridgehead atoms. The highest BCUT2D eigenvalue weighted by atomic mass is 16.1. The van der Waals surface area contributed by atoms with Crippen LogP contribution in [0.25, 0.3) is 0 Å². The molecule has 3 heteroatoms. The van der Waals surface area contributed by atoms with Gasteiger partial charge in [0.25, 0.3) is 0 Å². The molecule has 0 saturated heterocycles. The minimum Gasteiger partial charge on any atom is -0.387 e. The predicted molar refractivity (Wildman–Crippen MR) is 68.1 cm³/mol. The van der Waals surface area contributed by atoms with E-state index in [1.807, 2.05) is 50.4 Å². The first-order valence-electron chi connectivity index (χ1n) is 5.93. The summed E-state index contributed by atoms with van der Waals surface area (Å²) in [6.07, 6.45) is 1.93. The molecule has 1 amide bonds. The Kier molecular flexibility index (Phi) is 3.47. The van der Waals surface area contributed by atoms with Crippen LogP contribution in [0.5, 0.6) is 0 Å². The Bertz CT molecular complexity index is 425. The van der Waals surface area contributed by atoms with Gasteiger partial charge in [0.1, 0.15) is 0 Å². The van der Waals surface area contributed by atoms with Crippen molar-refractivity contribution < 1.29 is 4.79 Å². The Morgan fingerprint density at radius 1 is 1.35 bits per heavy atom. The largest absolute Gasteiger partial charge is 0.387 e. The molecule has 1 aromatic carbocycles. The second-order valence-corrected chi connectivity index (χ2v) is 4.52. The minimum absolute atomic E-state index is 0.0429. The summed E-state index contributed by atoms with van der Waals surface area (Å²) in [7, 11) is 0. The fourth-order valence-electron chi connectivity index (χ4n) is 2.17. The van der Waals surface area contributed by atoms with Crippen LogP contribution in [-0.4, -0.2) is 11.9 Å². The number of benzene rings is 1. The number of carbonyl (C=O) groups is 1. The van der Waals surface area contributed by atoms with E-state index >= 15 is 0 Å². The molecule has 0 spiro atoms. The Balaban J connectivity index is 1.92.